The van der Waals surface area contributed by atoms with Crippen molar-refractivity contribution in [1.82, 2.24) is 4.31 Å². The molecule has 0 atom stereocenters. The minimum absolute atomic E-state index is 0.0368. The second-order valence-corrected chi connectivity index (χ2v) is 9.57. The van der Waals surface area contributed by atoms with Crippen LogP contribution in [0.1, 0.15) is 17.5 Å². The van der Waals surface area contributed by atoms with Gasteiger partial charge >= 0.3 is 5.69 Å². The molecule has 4 rings (SSSR count). The van der Waals surface area contributed by atoms with Gasteiger partial charge < -0.3 is 9.64 Å². The third kappa shape index (κ3) is 3.98. The smallest absolute Gasteiger partial charge is 0.312 e. The molecule has 0 bridgehead atoms. The van der Waals surface area contributed by atoms with E-state index in [2.05, 4.69) is 0 Å². The summed E-state index contributed by atoms with van der Waals surface area (Å²) in [7, 11) is -1.77. The number of sulfonamides is 1. The molecule has 1 saturated heterocycles. The summed E-state index contributed by atoms with van der Waals surface area (Å²) in [5.41, 5.74) is 2.12. The zero-order valence-corrected chi connectivity index (χ0v) is 17.1. The van der Waals surface area contributed by atoms with Gasteiger partial charge in [0, 0.05) is 6.07 Å². The Morgan fingerprint density at radius 3 is 2.52 bits per heavy atom. The molecule has 0 spiro atoms. The monoisotopic (exact) mass is 418 g/mol. The topological polar surface area (TPSA) is 94.2 Å². The summed E-state index contributed by atoms with van der Waals surface area (Å²) in [6, 6.07) is 9.55. The number of nitrogens with zero attached hydrogens (tertiary/aromatic N) is 2. The van der Waals surface area contributed by atoms with Gasteiger partial charge in [-0.05, 0) is 54.7 Å². The average Bonchev–Trinajstić information content (AvgIpc) is 3.16. The molecule has 1 fully saturated rings. The van der Waals surface area contributed by atoms with Crippen molar-refractivity contribution in [2.75, 3.05) is 33.2 Å². The van der Waals surface area contributed by atoms with Crippen LogP contribution in [0.15, 0.2) is 41.3 Å². The third-order valence-corrected chi connectivity index (χ3v) is 7.53. The molecule has 1 N–H and O–H groups in total. The molecule has 0 unspecified atom stereocenters. The number of nitro benzene ring substituents is 1. The molecule has 29 heavy (non-hydrogen) atoms. The molecular weight excluding hydrogens is 394 g/mol. The fraction of sp³-hybridized carbons (Fsp3) is 0.400. The van der Waals surface area contributed by atoms with E-state index in [1.165, 1.54) is 32.5 Å². The van der Waals surface area contributed by atoms with E-state index in [4.69, 9.17) is 4.74 Å². The maximum atomic E-state index is 12.9. The van der Waals surface area contributed by atoms with E-state index in [-0.39, 0.29) is 16.3 Å². The fourth-order valence-corrected chi connectivity index (χ4v) is 5.34. The van der Waals surface area contributed by atoms with Crippen LogP contribution in [0.2, 0.25) is 0 Å². The Labute approximate surface area is 169 Å². The first kappa shape index (κ1) is 19.8. The summed E-state index contributed by atoms with van der Waals surface area (Å²) in [5.74, 6) is 0.557. The van der Waals surface area contributed by atoms with Crippen molar-refractivity contribution < 1.29 is 23.0 Å². The first-order chi connectivity index (χ1) is 13.8. The molecule has 1 aliphatic heterocycles. The van der Waals surface area contributed by atoms with Gasteiger partial charge in [0.2, 0.25) is 15.8 Å². The highest BCUT2D eigenvalue weighted by Crippen LogP contribution is 2.35. The number of nitrogens with one attached hydrogen (secondary N) is 1. The summed E-state index contributed by atoms with van der Waals surface area (Å²) < 4.78 is 33.0. The molecule has 0 radical (unpaired) electrons. The standard InChI is InChI=1S/C20H23N3O5S/c1-21-9-11-22(12-10-21)29(26,27)18-7-8-20(19(14-18)23(24)25)28-17-6-5-15-3-2-4-16(15)13-17/h5-8,13-14H,2-4,9-12H2,1H3/p+1. The first-order valence-corrected chi connectivity index (χ1v) is 11.2. The van der Waals surface area contributed by atoms with E-state index in [0.29, 0.717) is 31.9 Å². The number of rotatable bonds is 5. The Bertz CT molecular complexity index is 1050. The molecule has 2 aliphatic rings. The van der Waals surface area contributed by atoms with Gasteiger partial charge in [0.1, 0.15) is 5.75 Å². The van der Waals surface area contributed by atoms with Crippen molar-refractivity contribution in [3.8, 4) is 11.5 Å². The van der Waals surface area contributed by atoms with Gasteiger partial charge in [-0.2, -0.15) is 4.31 Å². The van der Waals surface area contributed by atoms with Crippen LogP contribution in [0, 0.1) is 10.1 Å². The van der Waals surface area contributed by atoms with E-state index in [9.17, 15) is 18.5 Å². The van der Waals surface area contributed by atoms with Gasteiger partial charge in [-0.1, -0.05) is 6.07 Å². The van der Waals surface area contributed by atoms with Crippen LogP contribution >= 0.6 is 0 Å². The van der Waals surface area contributed by atoms with E-state index in [0.717, 1.165) is 25.3 Å². The lowest BCUT2D eigenvalue weighted by Gasteiger charge is -2.29. The lowest BCUT2D eigenvalue weighted by Crippen LogP contribution is -3.12. The molecule has 1 heterocycles. The van der Waals surface area contributed by atoms with Crippen LogP contribution in [0.25, 0.3) is 0 Å². The highest BCUT2D eigenvalue weighted by molar-refractivity contribution is 7.89. The average molecular weight is 418 g/mol. The van der Waals surface area contributed by atoms with E-state index >= 15 is 0 Å². The van der Waals surface area contributed by atoms with Gasteiger partial charge in [-0.15, -0.1) is 0 Å². The van der Waals surface area contributed by atoms with Crippen LogP contribution in [0.3, 0.4) is 0 Å². The number of nitro groups is 1. The normalized spacial score (nSPS) is 17.8. The molecule has 8 nitrogen and oxygen atoms in total. The summed E-state index contributed by atoms with van der Waals surface area (Å²) in [6.07, 6.45) is 3.11. The maximum absolute atomic E-state index is 12.9. The van der Waals surface area contributed by atoms with Crippen molar-refractivity contribution in [3.63, 3.8) is 0 Å². The highest BCUT2D eigenvalue weighted by atomic mass is 32.2. The summed E-state index contributed by atoms with van der Waals surface area (Å²) >= 11 is 0. The lowest BCUT2D eigenvalue weighted by molar-refractivity contribution is -0.883. The van der Waals surface area contributed by atoms with Gasteiger partial charge in [0.05, 0.1) is 43.0 Å². The highest BCUT2D eigenvalue weighted by Gasteiger charge is 2.31. The fourth-order valence-electron chi connectivity index (χ4n) is 3.88. The Morgan fingerprint density at radius 1 is 1.07 bits per heavy atom. The summed E-state index contributed by atoms with van der Waals surface area (Å²) in [5, 5.41) is 11.6. The van der Waals surface area contributed by atoms with Crippen LogP contribution in [-0.2, 0) is 22.9 Å². The number of benzene rings is 2. The van der Waals surface area contributed by atoms with Crippen molar-refractivity contribution in [3.05, 3.63) is 57.6 Å². The number of ether oxygens (including phenoxy) is 1. The van der Waals surface area contributed by atoms with Gasteiger partial charge in [-0.3, -0.25) is 10.1 Å². The summed E-state index contributed by atoms with van der Waals surface area (Å²) in [6.45, 7) is 2.21. The minimum Gasteiger partial charge on any atom is -0.450 e. The quantitative estimate of drug-likeness (QED) is 0.585. The van der Waals surface area contributed by atoms with Gasteiger partial charge in [0.25, 0.3) is 0 Å². The van der Waals surface area contributed by atoms with Crippen molar-refractivity contribution in [2.45, 2.75) is 24.2 Å². The third-order valence-electron chi connectivity index (χ3n) is 5.64. The summed E-state index contributed by atoms with van der Waals surface area (Å²) in [4.78, 5) is 12.2. The van der Waals surface area contributed by atoms with Crippen molar-refractivity contribution >= 4 is 15.7 Å². The molecule has 0 amide bonds. The van der Waals surface area contributed by atoms with Gasteiger partial charge in [0.15, 0.2) is 0 Å². The number of aryl methyl sites for hydroxylation is 2. The zero-order valence-electron chi connectivity index (χ0n) is 16.3. The second-order valence-electron chi connectivity index (χ2n) is 7.63. The molecule has 0 saturated carbocycles. The van der Waals surface area contributed by atoms with Crippen LogP contribution in [-0.4, -0.2) is 50.9 Å². The van der Waals surface area contributed by atoms with Crippen molar-refractivity contribution in [1.29, 1.82) is 0 Å². The predicted octanol–water partition coefficient (Wildman–Crippen LogP) is 1.39. The second kappa shape index (κ2) is 7.74. The molecule has 2 aromatic rings. The largest absolute Gasteiger partial charge is 0.450 e. The molecular formula is C20H24N3O5S+. The van der Waals surface area contributed by atoms with E-state index in [1.807, 2.05) is 19.2 Å². The number of fused-ring (bicyclic) bond motifs is 1. The molecule has 9 heteroatoms. The number of likely N-dealkylation sites (N-methyl/N-ethyl adjacent to an activating group) is 1. The number of hydrogen-bond donors (Lipinski definition) is 1. The number of hydrogen-bond acceptors (Lipinski definition) is 5. The molecule has 0 aromatic heterocycles. The zero-order chi connectivity index (χ0) is 20.6. The van der Waals surface area contributed by atoms with Crippen LogP contribution in [0.4, 0.5) is 5.69 Å². The molecule has 154 valence electrons. The van der Waals surface area contributed by atoms with E-state index in [1.54, 1.807) is 6.07 Å². The van der Waals surface area contributed by atoms with Gasteiger partial charge in [-0.25, -0.2) is 8.42 Å². The Balaban J connectivity index is 1.62. The predicted molar refractivity (Wildman–Crippen MR) is 107 cm³/mol. The van der Waals surface area contributed by atoms with E-state index < -0.39 is 14.9 Å². The first-order valence-electron chi connectivity index (χ1n) is 9.74. The number of quaternary nitrogens is 1. The Morgan fingerprint density at radius 2 is 1.79 bits per heavy atom. The maximum Gasteiger partial charge on any atom is 0.312 e. The molecule has 2 aromatic carbocycles. The SMILES string of the molecule is C[NH+]1CCN(S(=O)(=O)c2ccc(Oc3ccc4c(c3)CCC4)c([N+](=O)[O-])c2)CC1. The van der Waals surface area contributed by atoms with Crippen molar-refractivity contribution in [2.24, 2.45) is 0 Å². The number of piperazine rings is 1. The minimum atomic E-state index is -3.78. The Hall–Kier alpha value is -2.49. The van der Waals surface area contributed by atoms with Crippen LogP contribution in [0.5, 0.6) is 11.5 Å². The van der Waals surface area contributed by atoms with Crippen LogP contribution < -0.4 is 9.64 Å². The molecule has 1 aliphatic carbocycles. The Kier molecular flexibility index (Phi) is 5.28. The lowest BCUT2D eigenvalue weighted by atomic mass is 10.1.